The molecule has 0 saturated heterocycles. The van der Waals surface area contributed by atoms with Crippen LogP contribution in [0.25, 0.3) is 0 Å². The Bertz CT molecular complexity index is 337. The summed E-state index contributed by atoms with van der Waals surface area (Å²) in [6.07, 6.45) is 0. The highest BCUT2D eigenvalue weighted by atomic mass is 16.5. The maximum absolute atomic E-state index is 11.4. The maximum atomic E-state index is 11.4. The van der Waals surface area contributed by atoms with Gasteiger partial charge in [0.1, 0.15) is 0 Å². The predicted molar refractivity (Wildman–Crippen MR) is 68.6 cm³/mol. The third-order valence-corrected chi connectivity index (χ3v) is 2.83. The summed E-state index contributed by atoms with van der Waals surface area (Å²) < 4.78 is 4.74. The number of carbonyl (C=O) groups excluding carboxylic acids is 1. The molecular formula is C14H21NO2. The second-order valence-corrected chi connectivity index (χ2v) is 4.24. The molecule has 17 heavy (non-hydrogen) atoms. The molecule has 3 heteroatoms. The Morgan fingerprint density at radius 1 is 1.35 bits per heavy atom. The zero-order valence-corrected chi connectivity index (χ0v) is 10.8. The summed E-state index contributed by atoms with van der Waals surface area (Å²) in [4.78, 5) is 13.6. The molecule has 0 aliphatic heterocycles. The van der Waals surface area contributed by atoms with E-state index in [0.29, 0.717) is 0 Å². The molecule has 1 aromatic carbocycles. The largest absolute Gasteiger partial charge is 0.469 e. The summed E-state index contributed by atoms with van der Waals surface area (Å²) in [5, 5.41) is 0. The average molecular weight is 235 g/mol. The molecule has 3 nitrogen and oxygen atoms in total. The molecule has 0 amide bonds. The number of carbonyl (C=O) groups is 1. The van der Waals surface area contributed by atoms with Crippen LogP contribution in [0.1, 0.15) is 19.4 Å². The summed E-state index contributed by atoms with van der Waals surface area (Å²) in [5.41, 5.74) is 1.27. The summed E-state index contributed by atoms with van der Waals surface area (Å²) in [5.74, 6) is -0.222. The van der Waals surface area contributed by atoms with Crippen molar-refractivity contribution in [2.24, 2.45) is 5.92 Å². The minimum atomic E-state index is -0.142. The lowest BCUT2D eigenvalue weighted by Gasteiger charge is -2.23. The van der Waals surface area contributed by atoms with Crippen LogP contribution in [0.15, 0.2) is 30.3 Å². The van der Waals surface area contributed by atoms with Gasteiger partial charge in [-0.15, -0.1) is 0 Å². The van der Waals surface area contributed by atoms with Crippen LogP contribution in [0, 0.1) is 5.92 Å². The second-order valence-electron chi connectivity index (χ2n) is 4.24. The number of hydrogen-bond donors (Lipinski definition) is 0. The molecule has 1 atom stereocenters. The van der Waals surface area contributed by atoms with Crippen LogP contribution in [0.3, 0.4) is 0 Å². The molecular weight excluding hydrogens is 214 g/mol. The first-order valence-corrected chi connectivity index (χ1v) is 6.01. The fourth-order valence-electron chi connectivity index (χ4n) is 1.81. The first-order chi connectivity index (χ1) is 8.17. The topological polar surface area (TPSA) is 29.5 Å². The van der Waals surface area contributed by atoms with Gasteiger partial charge in [-0.05, 0) is 12.1 Å². The number of benzene rings is 1. The number of rotatable bonds is 6. The van der Waals surface area contributed by atoms with Crippen LogP contribution in [0.2, 0.25) is 0 Å². The van der Waals surface area contributed by atoms with Crippen LogP contribution in [-0.4, -0.2) is 31.1 Å². The molecule has 0 fully saturated rings. The molecule has 0 saturated carbocycles. The fraction of sp³-hybridized carbons (Fsp3) is 0.500. The van der Waals surface area contributed by atoms with Crippen molar-refractivity contribution < 1.29 is 9.53 Å². The van der Waals surface area contributed by atoms with E-state index in [0.717, 1.165) is 19.6 Å². The Labute approximate surface area is 103 Å². The van der Waals surface area contributed by atoms with Gasteiger partial charge in [0.05, 0.1) is 13.0 Å². The van der Waals surface area contributed by atoms with E-state index >= 15 is 0 Å². The molecule has 1 aromatic rings. The van der Waals surface area contributed by atoms with E-state index in [-0.39, 0.29) is 11.9 Å². The van der Waals surface area contributed by atoms with Crippen molar-refractivity contribution in [3.05, 3.63) is 35.9 Å². The molecule has 0 unspecified atom stereocenters. The molecule has 0 aliphatic carbocycles. The Kier molecular flexibility index (Phi) is 5.70. The smallest absolute Gasteiger partial charge is 0.309 e. The number of esters is 1. The van der Waals surface area contributed by atoms with Gasteiger partial charge in [0, 0.05) is 13.1 Å². The fourth-order valence-corrected chi connectivity index (χ4v) is 1.81. The molecule has 1 rings (SSSR count). The number of hydrogen-bond acceptors (Lipinski definition) is 3. The summed E-state index contributed by atoms with van der Waals surface area (Å²) in [6.45, 7) is 6.54. The van der Waals surface area contributed by atoms with Crippen molar-refractivity contribution in [1.82, 2.24) is 4.90 Å². The van der Waals surface area contributed by atoms with E-state index < -0.39 is 0 Å². The van der Waals surface area contributed by atoms with Crippen molar-refractivity contribution in [2.45, 2.75) is 20.4 Å². The van der Waals surface area contributed by atoms with Crippen molar-refractivity contribution in [2.75, 3.05) is 20.2 Å². The van der Waals surface area contributed by atoms with Gasteiger partial charge in [-0.25, -0.2) is 0 Å². The average Bonchev–Trinajstić information content (AvgIpc) is 2.38. The molecule has 0 radical (unpaired) electrons. The maximum Gasteiger partial charge on any atom is 0.309 e. The minimum Gasteiger partial charge on any atom is -0.469 e. The number of methoxy groups -OCH3 is 1. The van der Waals surface area contributed by atoms with Gasteiger partial charge in [0.25, 0.3) is 0 Å². The van der Waals surface area contributed by atoms with Gasteiger partial charge in [0.2, 0.25) is 0 Å². The van der Waals surface area contributed by atoms with E-state index in [4.69, 9.17) is 4.74 Å². The van der Waals surface area contributed by atoms with E-state index in [1.54, 1.807) is 0 Å². The van der Waals surface area contributed by atoms with Crippen molar-refractivity contribution in [3.63, 3.8) is 0 Å². The summed E-state index contributed by atoms with van der Waals surface area (Å²) >= 11 is 0. The summed E-state index contributed by atoms with van der Waals surface area (Å²) in [6, 6.07) is 10.3. The van der Waals surface area contributed by atoms with Gasteiger partial charge in [-0.1, -0.05) is 44.2 Å². The minimum absolute atomic E-state index is 0.0799. The van der Waals surface area contributed by atoms with Crippen LogP contribution in [-0.2, 0) is 16.1 Å². The highest BCUT2D eigenvalue weighted by Gasteiger charge is 2.16. The lowest BCUT2D eigenvalue weighted by atomic mass is 10.1. The predicted octanol–water partition coefficient (Wildman–Crippen LogP) is 2.32. The van der Waals surface area contributed by atoms with Gasteiger partial charge >= 0.3 is 5.97 Å². The molecule has 0 N–H and O–H groups in total. The van der Waals surface area contributed by atoms with Gasteiger partial charge in [-0.3, -0.25) is 9.69 Å². The van der Waals surface area contributed by atoms with Crippen LogP contribution in [0.5, 0.6) is 0 Å². The van der Waals surface area contributed by atoms with Gasteiger partial charge in [0.15, 0.2) is 0 Å². The van der Waals surface area contributed by atoms with Crippen molar-refractivity contribution in [1.29, 1.82) is 0 Å². The molecule has 0 aromatic heterocycles. The third kappa shape index (κ3) is 4.57. The first kappa shape index (κ1) is 13.7. The molecule has 0 bridgehead atoms. The highest BCUT2D eigenvalue weighted by molar-refractivity contribution is 5.72. The van der Waals surface area contributed by atoms with E-state index in [9.17, 15) is 4.79 Å². The zero-order valence-electron chi connectivity index (χ0n) is 10.8. The SMILES string of the molecule is CCN(Cc1ccccc1)C[C@@H](C)C(=O)OC. The Balaban J connectivity index is 2.52. The molecule has 0 aliphatic rings. The van der Waals surface area contributed by atoms with Gasteiger partial charge < -0.3 is 4.74 Å². The normalized spacial score (nSPS) is 12.5. The molecule has 0 spiro atoms. The molecule has 94 valence electrons. The quantitative estimate of drug-likeness (QED) is 0.709. The van der Waals surface area contributed by atoms with Crippen LogP contribution < -0.4 is 0 Å². The van der Waals surface area contributed by atoms with E-state index in [2.05, 4.69) is 24.0 Å². The number of nitrogens with zero attached hydrogens (tertiary/aromatic N) is 1. The monoisotopic (exact) mass is 235 g/mol. The third-order valence-electron chi connectivity index (χ3n) is 2.83. The van der Waals surface area contributed by atoms with Crippen LogP contribution in [0.4, 0.5) is 0 Å². The van der Waals surface area contributed by atoms with Crippen molar-refractivity contribution in [3.8, 4) is 0 Å². The highest BCUT2D eigenvalue weighted by Crippen LogP contribution is 2.08. The lowest BCUT2D eigenvalue weighted by Crippen LogP contribution is -2.31. The van der Waals surface area contributed by atoms with E-state index in [1.165, 1.54) is 12.7 Å². The van der Waals surface area contributed by atoms with Gasteiger partial charge in [-0.2, -0.15) is 0 Å². The zero-order chi connectivity index (χ0) is 12.7. The first-order valence-electron chi connectivity index (χ1n) is 6.01. The van der Waals surface area contributed by atoms with Crippen LogP contribution >= 0.6 is 0 Å². The Morgan fingerprint density at radius 3 is 2.53 bits per heavy atom. The Morgan fingerprint density at radius 2 is 2.00 bits per heavy atom. The lowest BCUT2D eigenvalue weighted by molar-refractivity contribution is -0.145. The number of ether oxygens (including phenoxy) is 1. The molecule has 0 heterocycles. The summed E-state index contributed by atoms with van der Waals surface area (Å²) in [7, 11) is 1.44. The van der Waals surface area contributed by atoms with E-state index in [1.807, 2.05) is 25.1 Å². The Hall–Kier alpha value is -1.35. The standard InChI is InChI=1S/C14H21NO2/c1-4-15(10-12(2)14(16)17-3)11-13-8-6-5-7-9-13/h5-9,12H,4,10-11H2,1-3H3/t12-/m1/s1. The second kappa shape index (κ2) is 7.07. The van der Waals surface area contributed by atoms with Crippen molar-refractivity contribution >= 4 is 5.97 Å².